The van der Waals surface area contributed by atoms with Gasteiger partial charge in [0, 0.05) is 18.7 Å². The van der Waals surface area contributed by atoms with Crippen LogP contribution in [-0.2, 0) is 14.4 Å². The predicted molar refractivity (Wildman–Crippen MR) is 116 cm³/mol. The molecule has 0 saturated carbocycles. The standard InChI is InChI=1S/C23H27N3O5/c1-4-30-19-10-8-18(9-11-19)26-13-17(12-21(26)28)23(29)25-24-20(27)14-31-22-15(2)6-5-7-16(22)3/h5-11,17H,4,12-14H2,1-3H3,(H,24,27)(H,25,29)/t17-/m0/s1. The summed E-state index contributed by atoms with van der Waals surface area (Å²) < 4.78 is 11.0. The molecule has 1 aliphatic rings. The van der Waals surface area contributed by atoms with Crippen molar-refractivity contribution >= 4 is 23.4 Å². The average Bonchev–Trinajstić information content (AvgIpc) is 3.14. The maximum Gasteiger partial charge on any atom is 0.276 e. The number of carbonyl (C=O) groups excluding carboxylic acids is 3. The molecule has 0 radical (unpaired) electrons. The lowest BCUT2D eigenvalue weighted by molar-refractivity contribution is -0.132. The topological polar surface area (TPSA) is 97.0 Å². The van der Waals surface area contributed by atoms with E-state index in [1.807, 2.05) is 39.0 Å². The van der Waals surface area contributed by atoms with E-state index in [1.54, 1.807) is 29.2 Å². The third-order valence-corrected chi connectivity index (χ3v) is 5.04. The van der Waals surface area contributed by atoms with Crippen LogP contribution >= 0.6 is 0 Å². The van der Waals surface area contributed by atoms with Crippen LogP contribution in [0.1, 0.15) is 24.5 Å². The highest BCUT2D eigenvalue weighted by Crippen LogP contribution is 2.27. The Balaban J connectivity index is 1.48. The van der Waals surface area contributed by atoms with Crippen molar-refractivity contribution in [3.05, 3.63) is 53.6 Å². The molecule has 0 bridgehead atoms. The lowest BCUT2D eigenvalue weighted by Gasteiger charge is -2.17. The molecule has 0 aliphatic carbocycles. The van der Waals surface area contributed by atoms with Gasteiger partial charge in [-0.15, -0.1) is 0 Å². The van der Waals surface area contributed by atoms with Crippen molar-refractivity contribution in [2.45, 2.75) is 27.2 Å². The van der Waals surface area contributed by atoms with Crippen molar-refractivity contribution in [1.82, 2.24) is 10.9 Å². The van der Waals surface area contributed by atoms with Crippen LogP contribution in [0.15, 0.2) is 42.5 Å². The number of hydrazine groups is 1. The number of carbonyl (C=O) groups is 3. The number of nitrogens with one attached hydrogen (secondary N) is 2. The van der Waals surface area contributed by atoms with Crippen LogP contribution in [0.5, 0.6) is 11.5 Å². The van der Waals surface area contributed by atoms with Crippen LogP contribution < -0.4 is 25.2 Å². The fourth-order valence-electron chi connectivity index (χ4n) is 3.46. The minimum absolute atomic E-state index is 0.0772. The number of nitrogens with zero attached hydrogens (tertiary/aromatic N) is 1. The number of aryl methyl sites for hydroxylation is 2. The Labute approximate surface area is 181 Å². The normalized spacial score (nSPS) is 15.5. The minimum atomic E-state index is -0.557. The van der Waals surface area contributed by atoms with Crippen LogP contribution in [0.3, 0.4) is 0 Å². The quantitative estimate of drug-likeness (QED) is 0.664. The first-order valence-electron chi connectivity index (χ1n) is 10.2. The van der Waals surface area contributed by atoms with E-state index < -0.39 is 17.7 Å². The summed E-state index contributed by atoms with van der Waals surface area (Å²) in [6, 6.07) is 12.9. The number of hydrogen-bond donors (Lipinski definition) is 2. The lowest BCUT2D eigenvalue weighted by Crippen LogP contribution is -2.46. The first-order valence-corrected chi connectivity index (χ1v) is 10.2. The summed E-state index contributed by atoms with van der Waals surface area (Å²) in [6.07, 6.45) is 0.0772. The van der Waals surface area contributed by atoms with E-state index in [9.17, 15) is 14.4 Å². The number of anilines is 1. The molecule has 2 aromatic carbocycles. The molecule has 2 N–H and O–H groups in total. The Hall–Kier alpha value is -3.55. The highest BCUT2D eigenvalue weighted by molar-refractivity contribution is 6.00. The highest BCUT2D eigenvalue weighted by atomic mass is 16.5. The van der Waals surface area contributed by atoms with Crippen molar-refractivity contribution in [2.75, 3.05) is 24.7 Å². The number of benzene rings is 2. The zero-order valence-electron chi connectivity index (χ0n) is 17.9. The monoisotopic (exact) mass is 425 g/mol. The van der Waals surface area contributed by atoms with Crippen LogP contribution in [0.4, 0.5) is 5.69 Å². The summed E-state index contributed by atoms with van der Waals surface area (Å²) >= 11 is 0. The molecule has 1 fully saturated rings. The van der Waals surface area contributed by atoms with Gasteiger partial charge in [-0.3, -0.25) is 25.2 Å². The molecule has 8 heteroatoms. The van der Waals surface area contributed by atoms with Crippen molar-refractivity contribution < 1.29 is 23.9 Å². The molecule has 1 atom stereocenters. The summed E-state index contributed by atoms with van der Waals surface area (Å²) in [4.78, 5) is 38.4. The van der Waals surface area contributed by atoms with Gasteiger partial charge in [-0.2, -0.15) is 0 Å². The summed E-state index contributed by atoms with van der Waals surface area (Å²) in [5.74, 6) is -0.229. The van der Waals surface area contributed by atoms with Crippen LogP contribution in [0.25, 0.3) is 0 Å². The molecule has 1 heterocycles. The highest BCUT2D eigenvalue weighted by Gasteiger charge is 2.35. The smallest absolute Gasteiger partial charge is 0.276 e. The van der Waals surface area contributed by atoms with Crippen molar-refractivity contribution in [1.29, 1.82) is 0 Å². The first-order chi connectivity index (χ1) is 14.9. The second kappa shape index (κ2) is 9.97. The maximum absolute atomic E-state index is 12.4. The Bertz CT molecular complexity index is 938. The van der Waals surface area contributed by atoms with Gasteiger partial charge in [-0.1, -0.05) is 18.2 Å². The summed E-state index contributed by atoms with van der Waals surface area (Å²) in [5, 5.41) is 0. The Morgan fingerprint density at radius 2 is 1.71 bits per heavy atom. The number of ether oxygens (including phenoxy) is 2. The van der Waals surface area contributed by atoms with Crippen LogP contribution in [0, 0.1) is 19.8 Å². The fraction of sp³-hybridized carbons (Fsp3) is 0.348. The van der Waals surface area contributed by atoms with Crippen molar-refractivity contribution in [3.8, 4) is 11.5 Å². The minimum Gasteiger partial charge on any atom is -0.494 e. The van der Waals surface area contributed by atoms with Gasteiger partial charge in [0.1, 0.15) is 11.5 Å². The zero-order chi connectivity index (χ0) is 22.4. The largest absolute Gasteiger partial charge is 0.494 e. The zero-order valence-corrected chi connectivity index (χ0v) is 17.9. The molecule has 1 saturated heterocycles. The second-order valence-corrected chi connectivity index (χ2v) is 7.38. The Kier molecular flexibility index (Phi) is 7.12. The van der Waals surface area contributed by atoms with E-state index in [-0.39, 0.29) is 25.5 Å². The lowest BCUT2D eigenvalue weighted by atomic mass is 10.1. The van der Waals surface area contributed by atoms with Gasteiger partial charge in [0.15, 0.2) is 6.61 Å². The summed E-state index contributed by atoms with van der Waals surface area (Å²) in [5.41, 5.74) is 7.30. The van der Waals surface area contributed by atoms with Gasteiger partial charge in [0.2, 0.25) is 11.8 Å². The van der Waals surface area contributed by atoms with Crippen molar-refractivity contribution in [3.63, 3.8) is 0 Å². The molecule has 3 amide bonds. The molecule has 31 heavy (non-hydrogen) atoms. The summed E-state index contributed by atoms with van der Waals surface area (Å²) in [7, 11) is 0. The van der Waals surface area contributed by atoms with E-state index in [4.69, 9.17) is 9.47 Å². The Morgan fingerprint density at radius 1 is 1.03 bits per heavy atom. The van der Waals surface area contributed by atoms with Gasteiger partial charge in [0.05, 0.1) is 12.5 Å². The molecular formula is C23H27N3O5. The molecule has 3 rings (SSSR count). The molecule has 0 unspecified atom stereocenters. The molecular weight excluding hydrogens is 398 g/mol. The average molecular weight is 425 g/mol. The first kappa shape index (κ1) is 22.1. The van der Waals surface area contributed by atoms with Gasteiger partial charge in [-0.05, 0) is 56.2 Å². The maximum atomic E-state index is 12.4. The Morgan fingerprint density at radius 3 is 2.35 bits per heavy atom. The van der Waals surface area contributed by atoms with E-state index in [2.05, 4.69) is 10.9 Å². The molecule has 1 aliphatic heterocycles. The van der Waals surface area contributed by atoms with E-state index in [0.29, 0.717) is 18.0 Å². The summed E-state index contributed by atoms with van der Waals surface area (Å²) in [6.45, 7) is 6.27. The third-order valence-electron chi connectivity index (χ3n) is 5.04. The number of amides is 3. The third kappa shape index (κ3) is 5.53. The van der Waals surface area contributed by atoms with Gasteiger partial charge in [0.25, 0.3) is 5.91 Å². The molecule has 0 aromatic heterocycles. The predicted octanol–water partition coefficient (Wildman–Crippen LogP) is 2.28. The van der Waals surface area contributed by atoms with E-state index in [1.165, 1.54) is 0 Å². The molecule has 164 valence electrons. The number of para-hydroxylation sites is 1. The van der Waals surface area contributed by atoms with Crippen molar-refractivity contribution in [2.24, 2.45) is 5.92 Å². The van der Waals surface area contributed by atoms with Crippen LogP contribution in [-0.4, -0.2) is 37.5 Å². The molecule has 2 aromatic rings. The molecule has 8 nitrogen and oxygen atoms in total. The molecule has 0 spiro atoms. The second-order valence-electron chi connectivity index (χ2n) is 7.38. The van der Waals surface area contributed by atoms with E-state index in [0.717, 1.165) is 16.9 Å². The number of rotatable bonds is 7. The van der Waals surface area contributed by atoms with E-state index >= 15 is 0 Å². The van der Waals surface area contributed by atoms with Gasteiger partial charge >= 0.3 is 0 Å². The fourth-order valence-corrected chi connectivity index (χ4v) is 3.46. The van der Waals surface area contributed by atoms with Gasteiger partial charge < -0.3 is 14.4 Å². The van der Waals surface area contributed by atoms with Crippen LogP contribution in [0.2, 0.25) is 0 Å². The van der Waals surface area contributed by atoms with Gasteiger partial charge in [-0.25, -0.2) is 0 Å². The number of hydrogen-bond acceptors (Lipinski definition) is 5. The SMILES string of the molecule is CCOc1ccc(N2C[C@@H](C(=O)NNC(=O)COc3c(C)cccc3C)CC2=O)cc1.